The van der Waals surface area contributed by atoms with E-state index in [1.165, 1.54) is 7.11 Å². The Kier molecular flexibility index (Phi) is 6.90. The monoisotopic (exact) mass is 448 g/mol. The first kappa shape index (κ1) is 22.0. The van der Waals surface area contributed by atoms with Gasteiger partial charge < -0.3 is 20.1 Å². The molecule has 0 radical (unpaired) electrons. The zero-order valence-electron chi connectivity index (χ0n) is 16.8. The number of methoxy groups -OCH3 is 1. The number of nitrogens with one attached hydrogen (secondary N) is 2. The Labute approximate surface area is 185 Å². The predicted molar refractivity (Wildman–Crippen MR) is 116 cm³/mol. The second kappa shape index (κ2) is 9.41. The Morgan fingerprint density at radius 1 is 1.10 bits per heavy atom. The first-order valence-corrected chi connectivity index (χ1v) is 10.1. The van der Waals surface area contributed by atoms with Crippen LogP contribution in [0.2, 0.25) is 10.0 Å². The first-order chi connectivity index (χ1) is 14.3. The lowest BCUT2D eigenvalue weighted by molar-refractivity contribution is -0.136. The minimum absolute atomic E-state index is 0.0542. The van der Waals surface area contributed by atoms with Crippen LogP contribution < -0.4 is 15.4 Å². The molecule has 1 heterocycles. The zero-order valence-corrected chi connectivity index (χ0v) is 18.3. The van der Waals surface area contributed by atoms with Crippen molar-refractivity contribution in [3.05, 3.63) is 74.9 Å². The Morgan fingerprint density at radius 2 is 1.80 bits per heavy atom. The number of allylic oxidation sites excluding steroid dienone is 1. The van der Waals surface area contributed by atoms with Gasteiger partial charge in [0.25, 0.3) is 0 Å². The van der Waals surface area contributed by atoms with Gasteiger partial charge in [-0.1, -0.05) is 55.2 Å². The van der Waals surface area contributed by atoms with Crippen molar-refractivity contribution in [1.29, 1.82) is 0 Å². The van der Waals surface area contributed by atoms with Crippen molar-refractivity contribution in [3.63, 3.8) is 0 Å². The van der Waals surface area contributed by atoms with Gasteiger partial charge in [0.15, 0.2) is 0 Å². The Morgan fingerprint density at radius 3 is 2.40 bits per heavy atom. The molecular weight excluding hydrogens is 427 g/mol. The second-order valence-electron chi connectivity index (χ2n) is 7.11. The molecule has 2 N–H and O–H groups in total. The number of benzene rings is 2. The van der Waals surface area contributed by atoms with Crippen LogP contribution in [0.15, 0.2) is 53.7 Å². The molecule has 0 bridgehead atoms. The van der Waals surface area contributed by atoms with E-state index in [9.17, 15) is 9.59 Å². The predicted octanol–water partition coefficient (Wildman–Crippen LogP) is 5.01. The summed E-state index contributed by atoms with van der Waals surface area (Å²) >= 11 is 12.0. The molecule has 2 amide bonds. The number of urea groups is 1. The molecule has 1 aliphatic rings. The standard InChI is InChI=1S/C22H22Cl2N2O4/c1-12(2)19-18(21(27)29-3)20(26-22(28)25-19)14-5-7-15(8-6-14)30-11-13-4-9-16(23)17(24)10-13/h4-10,12,20H,11H2,1-3H3,(H2,25,26,28). The van der Waals surface area contributed by atoms with E-state index in [2.05, 4.69) is 10.6 Å². The van der Waals surface area contributed by atoms with Crippen LogP contribution in [0, 0.1) is 5.92 Å². The fourth-order valence-electron chi connectivity index (χ4n) is 3.18. The van der Waals surface area contributed by atoms with Crippen molar-refractivity contribution in [1.82, 2.24) is 10.6 Å². The van der Waals surface area contributed by atoms with E-state index < -0.39 is 12.0 Å². The molecule has 6 nitrogen and oxygen atoms in total. The van der Waals surface area contributed by atoms with Gasteiger partial charge in [-0.25, -0.2) is 9.59 Å². The highest BCUT2D eigenvalue weighted by molar-refractivity contribution is 6.42. The summed E-state index contributed by atoms with van der Waals surface area (Å²) in [6, 6.07) is 11.5. The van der Waals surface area contributed by atoms with Crippen LogP contribution in [0.4, 0.5) is 4.79 Å². The minimum Gasteiger partial charge on any atom is -0.489 e. The van der Waals surface area contributed by atoms with Crippen molar-refractivity contribution in [2.45, 2.75) is 26.5 Å². The number of amides is 2. The Hall–Kier alpha value is -2.70. The lowest BCUT2D eigenvalue weighted by Crippen LogP contribution is -2.47. The van der Waals surface area contributed by atoms with Crippen LogP contribution >= 0.6 is 23.2 Å². The van der Waals surface area contributed by atoms with E-state index in [-0.39, 0.29) is 11.9 Å². The lowest BCUT2D eigenvalue weighted by Gasteiger charge is -2.30. The van der Waals surface area contributed by atoms with Crippen LogP contribution in [-0.4, -0.2) is 19.1 Å². The number of rotatable bonds is 6. The Bertz CT molecular complexity index is 987. The van der Waals surface area contributed by atoms with Gasteiger partial charge in [-0.3, -0.25) is 0 Å². The molecule has 0 aromatic heterocycles. The number of carbonyl (C=O) groups excluding carboxylic acids is 2. The van der Waals surface area contributed by atoms with E-state index in [0.29, 0.717) is 33.7 Å². The number of hydrogen-bond donors (Lipinski definition) is 2. The molecule has 1 unspecified atom stereocenters. The van der Waals surface area contributed by atoms with Gasteiger partial charge in [-0.05, 0) is 41.3 Å². The van der Waals surface area contributed by atoms with Crippen molar-refractivity contribution in [3.8, 4) is 5.75 Å². The van der Waals surface area contributed by atoms with Crippen LogP contribution in [0.3, 0.4) is 0 Å². The molecule has 8 heteroatoms. The van der Waals surface area contributed by atoms with Gasteiger partial charge in [0.1, 0.15) is 12.4 Å². The molecule has 30 heavy (non-hydrogen) atoms. The van der Waals surface area contributed by atoms with E-state index in [0.717, 1.165) is 11.1 Å². The summed E-state index contributed by atoms with van der Waals surface area (Å²) in [6.45, 7) is 4.13. The number of ether oxygens (including phenoxy) is 2. The molecule has 0 saturated carbocycles. The Balaban J connectivity index is 1.81. The van der Waals surface area contributed by atoms with Crippen molar-refractivity contribution >= 4 is 35.2 Å². The van der Waals surface area contributed by atoms with Crippen LogP contribution in [0.1, 0.15) is 31.0 Å². The summed E-state index contributed by atoms with van der Waals surface area (Å²) in [5.41, 5.74) is 2.56. The van der Waals surface area contributed by atoms with Crippen molar-refractivity contribution < 1.29 is 19.1 Å². The van der Waals surface area contributed by atoms with Gasteiger partial charge in [-0.2, -0.15) is 0 Å². The smallest absolute Gasteiger partial charge is 0.337 e. The van der Waals surface area contributed by atoms with Gasteiger partial charge in [0, 0.05) is 5.70 Å². The van der Waals surface area contributed by atoms with Gasteiger partial charge in [-0.15, -0.1) is 0 Å². The third-order valence-electron chi connectivity index (χ3n) is 4.69. The number of hydrogen-bond acceptors (Lipinski definition) is 4. The summed E-state index contributed by atoms with van der Waals surface area (Å²) in [6.07, 6.45) is 0. The molecule has 1 atom stereocenters. The summed E-state index contributed by atoms with van der Waals surface area (Å²) in [7, 11) is 1.32. The normalized spacial score (nSPS) is 16.2. The molecular formula is C22H22Cl2N2O4. The van der Waals surface area contributed by atoms with Crippen molar-refractivity contribution in [2.75, 3.05) is 7.11 Å². The largest absolute Gasteiger partial charge is 0.489 e. The molecule has 0 saturated heterocycles. The maximum atomic E-state index is 12.4. The lowest BCUT2D eigenvalue weighted by atomic mass is 9.91. The van der Waals surface area contributed by atoms with Crippen LogP contribution in [0.25, 0.3) is 0 Å². The molecule has 3 rings (SSSR count). The molecule has 1 aliphatic heterocycles. The maximum absolute atomic E-state index is 12.4. The van der Waals surface area contributed by atoms with E-state index >= 15 is 0 Å². The van der Waals surface area contributed by atoms with Gasteiger partial charge >= 0.3 is 12.0 Å². The quantitative estimate of drug-likeness (QED) is 0.608. The summed E-state index contributed by atoms with van der Waals surface area (Å²) in [4.78, 5) is 24.6. The third-order valence-corrected chi connectivity index (χ3v) is 5.43. The fourth-order valence-corrected chi connectivity index (χ4v) is 3.50. The second-order valence-corrected chi connectivity index (χ2v) is 7.93. The highest BCUT2D eigenvalue weighted by Gasteiger charge is 2.34. The highest BCUT2D eigenvalue weighted by atomic mass is 35.5. The maximum Gasteiger partial charge on any atom is 0.337 e. The third kappa shape index (κ3) is 4.89. The van der Waals surface area contributed by atoms with E-state index in [1.54, 1.807) is 36.4 Å². The molecule has 0 spiro atoms. The first-order valence-electron chi connectivity index (χ1n) is 9.36. The molecule has 0 aliphatic carbocycles. The minimum atomic E-state index is -0.618. The number of halogens is 2. The molecule has 0 fully saturated rings. The highest BCUT2D eigenvalue weighted by Crippen LogP contribution is 2.31. The summed E-state index contributed by atoms with van der Waals surface area (Å²) < 4.78 is 10.8. The zero-order chi connectivity index (χ0) is 21.8. The number of carbonyl (C=O) groups is 2. The molecule has 158 valence electrons. The van der Waals surface area contributed by atoms with Crippen LogP contribution in [0.5, 0.6) is 5.75 Å². The van der Waals surface area contributed by atoms with E-state index in [1.807, 2.05) is 19.9 Å². The van der Waals surface area contributed by atoms with Crippen LogP contribution in [-0.2, 0) is 16.1 Å². The van der Waals surface area contributed by atoms with Crippen molar-refractivity contribution in [2.24, 2.45) is 5.92 Å². The summed E-state index contributed by atoms with van der Waals surface area (Å²) in [5.74, 6) is 0.0929. The summed E-state index contributed by atoms with van der Waals surface area (Å²) in [5, 5.41) is 6.48. The average molecular weight is 449 g/mol. The van der Waals surface area contributed by atoms with E-state index in [4.69, 9.17) is 32.7 Å². The van der Waals surface area contributed by atoms with Gasteiger partial charge in [0.05, 0.1) is 28.8 Å². The number of esters is 1. The molecule has 2 aromatic rings. The fraction of sp³-hybridized carbons (Fsp3) is 0.273. The van der Waals surface area contributed by atoms with Gasteiger partial charge in [0.2, 0.25) is 0 Å². The SMILES string of the molecule is COC(=O)C1=C(C(C)C)NC(=O)NC1c1ccc(OCc2ccc(Cl)c(Cl)c2)cc1. The topological polar surface area (TPSA) is 76.7 Å². The average Bonchev–Trinajstić information content (AvgIpc) is 2.73. The molecule has 2 aromatic carbocycles.